The molecule has 0 atom stereocenters. The Hall–Kier alpha value is -3.99. The molecule has 0 bridgehead atoms. The van der Waals surface area contributed by atoms with E-state index in [9.17, 15) is 0 Å². The fraction of sp³-hybridized carbons (Fsp3) is 0.0417. The summed E-state index contributed by atoms with van der Waals surface area (Å²) < 4.78 is 11.5. The zero-order valence-corrected chi connectivity index (χ0v) is 15.6. The van der Waals surface area contributed by atoms with Gasteiger partial charge in [0.05, 0.1) is 29.2 Å². The van der Waals surface area contributed by atoms with Gasteiger partial charge in [0.1, 0.15) is 16.8 Å². The number of ether oxygens (including phenoxy) is 1. The van der Waals surface area contributed by atoms with Crippen molar-refractivity contribution in [3.8, 4) is 17.0 Å². The molecule has 0 unspecified atom stereocenters. The third-order valence-corrected chi connectivity index (χ3v) is 5.25. The minimum Gasteiger partial charge on any atom is -0.496 e. The van der Waals surface area contributed by atoms with E-state index in [0.29, 0.717) is 5.58 Å². The fourth-order valence-corrected chi connectivity index (χ4v) is 3.85. The van der Waals surface area contributed by atoms with Crippen LogP contribution in [-0.4, -0.2) is 22.1 Å². The lowest BCUT2D eigenvalue weighted by molar-refractivity contribution is 0.420. The number of nitrogens with zero attached hydrogens (tertiary/aromatic N) is 3. The van der Waals surface area contributed by atoms with E-state index in [1.54, 1.807) is 13.3 Å². The molecule has 4 aromatic heterocycles. The highest BCUT2D eigenvalue weighted by molar-refractivity contribution is 6.07. The summed E-state index contributed by atoms with van der Waals surface area (Å²) >= 11 is 0. The SMILES string of the molecule is COc1cccc2oc3cc(-c4ccc5ccc6cccnc6c5n4)cnc3c12. The van der Waals surface area contributed by atoms with Crippen molar-refractivity contribution in [3.05, 3.63) is 73.1 Å². The summed E-state index contributed by atoms with van der Waals surface area (Å²) in [5, 5.41) is 3.02. The summed E-state index contributed by atoms with van der Waals surface area (Å²) in [4.78, 5) is 14.1. The van der Waals surface area contributed by atoms with E-state index in [-0.39, 0.29) is 0 Å². The predicted octanol–water partition coefficient (Wildman–Crippen LogP) is 5.75. The van der Waals surface area contributed by atoms with Gasteiger partial charge in [-0.15, -0.1) is 0 Å². The van der Waals surface area contributed by atoms with Gasteiger partial charge in [-0.25, -0.2) is 4.98 Å². The number of pyridine rings is 3. The molecular formula is C24H15N3O2. The minimum atomic E-state index is 0.708. The van der Waals surface area contributed by atoms with E-state index in [0.717, 1.165) is 55.3 Å². The molecule has 0 N–H and O–H groups in total. The third kappa shape index (κ3) is 2.37. The Bertz CT molecular complexity index is 1550. The average Bonchev–Trinajstić information content (AvgIpc) is 3.16. The van der Waals surface area contributed by atoms with Gasteiger partial charge in [-0.05, 0) is 30.3 Å². The van der Waals surface area contributed by atoms with Crippen molar-refractivity contribution < 1.29 is 9.15 Å². The smallest absolute Gasteiger partial charge is 0.154 e. The number of aromatic nitrogens is 3. The number of furan rings is 1. The molecule has 6 rings (SSSR count). The molecule has 29 heavy (non-hydrogen) atoms. The second kappa shape index (κ2) is 6.01. The topological polar surface area (TPSA) is 61.0 Å². The largest absolute Gasteiger partial charge is 0.496 e. The number of hydrogen-bond donors (Lipinski definition) is 0. The Morgan fingerprint density at radius 3 is 2.55 bits per heavy atom. The van der Waals surface area contributed by atoms with Crippen LogP contribution in [0.5, 0.6) is 5.75 Å². The molecular weight excluding hydrogens is 362 g/mol. The first-order valence-electron chi connectivity index (χ1n) is 9.32. The molecule has 2 aromatic carbocycles. The van der Waals surface area contributed by atoms with Crippen molar-refractivity contribution in [1.82, 2.24) is 15.0 Å². The van der Waals surface area contributed by atoms with Crippen LogP contribution in [0.25, 0.3) is 55.1 Å². The molecule has 0 radical (unpaired) electrons. The molecule has 0 saturated heterocycles. The normalized spacial score (nSPS) is 11.6. The van der Waals surface area contributed by atoms with E-state index >= 15 is 0 Å². The summed E-state index contributed by atoms with van der Waals surface area (Å²) in [5.41, 5.74) is 5.75. The van der Waals surface area contributed by atoms with Gasteiger partial charge >= 0.3 is 0 Å². The summed E-state index contributed by atoms with van der Waals surface area (Å²) in [6.45, 7) is 0. The van der Waals surface area contributed by atoms with Crippen LogP contribution in [0.15, 0.2) is 77.5 Å². The summed E-state index contributed by atoms with van der Waals surface area (Å²) in [5.74, 6) is 0.753. The van der Waals surface area contributed by atoms with Crippen molar-refractivity contribution in [2.45, 2.75) is 0 Å². The van der Waals surface area contributed by atoms with E-state index in [1.165, 1.54) is 0 Å². The van der Waals surface area contributed by atoms with Gasteiger partial charge in [0.25, 0.3) is 0 Å². The van der Waals surface area contributed by atoms with E-state index in [4.69, 9.17) is 14.1 Å². The number of hydrogen-bond acceptors (Lipinski definition) is 5. The van der Waals surface area contributed by atoms with Crippen LogP contribution in [-0.2, 0) is 0 Å². The van der Waals surface area contributed by atoms with Crippen LogP contribution < -0.4 is 4.74 Å². The average molecular weight is 377 g/mol. The van der Waals surface area contributed by atoms with Crippen LogP contribution in [0.3, 0.4) is 0 Å². The van der Waals surface area contributed by atoms with Crippen molar-refractivity contribution >= 4 is 43.9 Å². The number of benzene rings is 2. The lowest BCUT2D eigenvalue weighted by Gasteiger charge is -2.06. The first-order chi connectivity index (χ1) is 14.3. The van der Waals surface area contributed by atoms with E-state index in [1.807, 2.05) is 48.7 Å². The van der Waals surface area contributed by atoms with Gasteiger partial charge in [0, 0.05) is 28.7 Å². The highest BCUT2D eigenvalue weighted by atomic mass is 16.5. The zero-order chi connectivity index (χ0) is 19.4. The lowest BCUT2D eigenvalue weighted by Crippen LogP contribution is -1.89. The maximum atomic E-state index is 6.03. The predicted molar refractivity (Wildman–Crippen MR) is 114 cm³/mol. The molecule has 0 spiro atoms. The fourth-order valence-electron chi connectivity index (χ4n) is 3.85. The molecule has 0 aliphatic heterocycles. The maximum Gasteiger partial charge on any atom is 0.154 e. The Morgan fingerprint density at radius 1 is 0.793 bits per heavy atom. The monoisotopic (exact) mass is 377 g/mol. The van der Waals surface area contributed by atoms with E-state index < -0.39 is 0 Å². The van der Waals surface area contributed by atoms with Crippen molar-refractivity contribution in [2.24, 2.45) is 0 Å². The third-order valence-electron chi connectivity index (χ3n) is 5.25. The standard InChI is InChI=1S/C24H15N3O2/c1-28-18-5-2-6-19-21(18)24-20(29-19)12-16(13-26-24)17-10-9-15-8-7-14-4-3-11-25-22(14)23(15)27-17/h2-13H,1H3. The molecule has 0 fully saturated rings. The molecule has 4 heterocycles. The first kappa shape index (κ1) is 16.0. The molecule has 0 aliphatic carbocycles. The maximum absolute atomic E-state index is 6.03. The Morgan fingerprint density at radius 2 is 1.66 bits per heavy atom. The molecule has 0 amide bonds. The first-order valence-corrected chi connectivity index (χ1v) is 9.32. The van der Waals surface area contributed by atoms with Gasteiger partial charge in [-0.1, -0.05) is 30.3 Å². The molecule has 5 nitrogen and oxygen atoms in total. The second-order valence-corrected chi connectivity index (χ2v) is 6.92. The van der Waals surface area contributed by atoms with Crippen LogP contribution >= 0.6 is 0 Å². The number of fused-ring (bicyclic) bond motifs is 6. The summed E-state index contributed by atoms with van der Waals surface area (Å²) in [6.07, 6.45) is 3.63. The Balaban J connectivity index is 1.58. The summed E-state index contributed by atoms with van der Waals surface area (Å²) in [6, 6.07) is 19.9. The zero-order valence-electron chi connectivity index (χ0n) is 15.6. The Labute approximate surface area is 165 Å². The second-order valence-electron chi connectivity index (χ2n) is 6.92. The van der Waals surface area contributed by atoms with Gasteiger partial charge in [0.15, 0.2) is 5.58 Å². The van der Waals surface area contributed by atoms with Gasteiger partial charge < -0.3 is 9.15 Å². The van der Waals surface area contributed by atoms with Gasteiger partial charge in [-0.3, -0.25) is 9.97 Å². The van der Waals surface area contributed by atoms with Gasteiger partial charge in [0.2, 0.25) is 0 Å². The van der Waals surface area contributed by atoms with E-state index in [2.05, 4.69) is 28.2 Å². The van der Waals surface area contributed by atoms with Crippen LogP contribution in [0, 0.1) is 0 Å². The molecule has 0 saturated carbocycles. The van der Waals surface area contributed by atoms with Crippen LogP contribution in [0.1, 0.15) is 0 Å². The Kier molecular flexibility index (Phi) is 3.32. The van der Waals surface area contributed by atoms with Crippen LogP contribution in [0.2, 0.25) is 0 Å². The molecule has 138 valence electrons. The lowest BCUT2D eigenvalue weighted by atomic mass is 10.1. The van der Waals surface area contributed by atoms with Crippen molar-refractivity contribution in [2.75, 3.05) is 7.11 Å². The minimum absolute atomic E-state index is 0.708. The van der Waals surface area contributed by atoms with Gasteiger partial charge in [-0.2, -0.15) is 0 Å². The number of methoxy groups -OCH3 is 1. The quantitative estimate of drug-likeness (QED) is 0.359. The van der Waals surface area contributed by atoms with Crippen molar-refractivity contribution in [1.29, 1.82) is 0 Å². The summed E-state index contributed by atoms with van der Waals surface area (Å²) in [7, 11) is 1.65. The number of rotatable bonds is 2. The molecule has 6 aromatic rings. The molecule has 0 aliphatic rings. The van der Waals surface area contributed by atoms with Crippen molar-refractivity contribution in [3.63, 3.8) is 0 Å². The highest BCUT2D eigenvalue weighted by Crippen LogP contribution is 2.36. The highest BCUT2D eigenvalue weighted by Gasteiger charge is 2.14. The van der Waals surface area contributed by atoms with Crippen LogP contribution in [0.4, 0.5) is 0 Å². The molecule has 5 heteroatoms.